The van der Waals surface area contributed by atoms with Crippen molar-refractivity contribution in [3.63, 3.8) is 0 Å². The lowest BCUT2D eigenvalue weighted by Gasteiger charge is -2.47. The van der Waals surface area contributed by atoms with Crippen LogP contribution in [0.4, 0.5) is 0 Å². The largest absolute Gasteiger partial charge is 0.315 e. The van der Waals surface area contributed by atoms with Crippen molar-refractivity contribution in [2.24, 2.45) is 11.3 Å². The van der Waals surface area contributed by atoms with E-state index >= 15 is 0 Å². The molecule has 2 rings (SSSR count). The van der Waals surface area contributed by atoms with Crippen LogP contribution in [0.15, 0.2) is 0 Å². The van der Waals surface area contributed by atoms with E-state index in [1.54, 1.807) is 0 Å². The maximum Gasteiger partial charge on any atom is 0.0271 e. The highest BCUT2D eigenvalue weighted by Gasteiger charge is 2.40. The average Bonchev–Trinajstić information content (AvgIpc) is 2.99. The van der Waals surface area contributed by atoms with Gasteiger partial charge in [-0.1, -0.05) is 20.3 Å². The van der Waals surface area contributed by atoms with Gasteiger partial charge in [-0.15, -0.1) is 0 Å². The molecule has 0 aromatic heterocycles. The van der Waals surface area contributed by atoms with Gasteiger partial charge in [-0.3, -0.25) is 0 Å². The number of nitrogens with zero attached hydrogens (tertiary/aromatic N) is 1. The molecule has 2 unspecified atom stereocenters. The van der Waals surface area contributed by atoms with Gasteiger partial charge in [-0.2, -0.15) is 0 Å². The Labute approximate surface area is 101 Å². The van der Waals surface area contributed by atoms with Crippen molar-refractivity contribution in [2.45, 2.75) is 58.0 Å². The van der Waals surface area contributed by atoms with Crippen LogP contribution in [0.2, 0.25) is 0 Å². The van der Waals surface area contributed by atoms with Crippen LogP contribution in [0.5, 0.6) is 0 Å². The fraction of sp³-hybridized carbons (Fsp3) is 1.00. The van der Waals surface area contributed by atoms with Gasteiger partial charge in [0.05, 0.1) is 0 Å². The summed E-state index contributed by atoms with van der Waals surface area (Å²) in [5.74, 6) is 1.01. The standard InChI is InChI=1S/C14H28N2/c1-14(2)9-5-6-12(13(14)15-3)16(4)10-11-7-8-11/h11-13,15H,5-10H2,1-4H3. The summed E-state index contributed by atoms with van der Waals surface area (Å²) in [7, 11) is 4.46. The number of rotatable bonds is 4. The molecular formula is C14H28N2. The summed E-state index contributed by atoms with van der Waals surface area (Å²) in [5.41, 5.74) is 0.454. The average molecular weight is 224 g/mol. The first kappa shape index (κ1) is 12.4. The first-order valence-corrected chi connectivity index (χ1v) is 6.92. The molecule has 2 aliphatic rings. The quantitative estimate of drug-likeness (QED) is 0.789. The molecule has 2 heteroatoms. The Balaban J connectivity index is 1.99. The van der Waals surface area contributed by atoms with Crippen LogP contribution in [-0.2, 0) is 0 Å². The van der Waals surface area contributed by atoms with Crippen molar-refractivity contribution in [1.82, 2.24) is 10.2 Å². The number of hydrogen-bond acceptors (Lipinski definition) is 2. The van der Waals surface area contributed by atoms with Crippen LogP contribution in [0.1, 0.15) is 46.0 Å². The van der Waals surface area contributed by atoms with Crippen molar-refractivity contribution >= 4 is 0 Å². The molecule has 0 bridgehead atoms. The van der Waals surface area contributed by atoms with Crippen LogP contribution >= 0.6 is 0 Å². The fourth-order valence-electron chi connectivity index (χ4n) is 3.51. The molecular weight excluding hydrogens is 196 g/mol. The molecule has 0 aromatic rings. The molecule has 94 valence electrons. The SMILES string of the molecule is CNC1C(N(C)CC2CC2)CCCC1(C)C. The topological polar surface area (TPSA) is 15.3 Å². The summed E-state index contributed by atoms with van der Waals surface area (Å²) in [6, 6.07) is 1.40. The Morgan fingerprint density at radius 3 is 2.50 bits per heavy atom. The highest BCUT2D eigenvalue weighted by Crippen LogP contribution is 2.38. The predicted octanol–water partition coefficient (Wildman–Crippen LogP) is 2.49. The molecule has 2 saturated carbocycles. The highest BCUT2D eigenvalue weighted by atomic mass is 15.2. The van der Waals surface area contributed by atoms with Gasteiger partial charge in [0.15, 0.2) is 0 Å². The van der Waals surface area contributed by atoms with Gasteiger partial charge in [0.25, 0.3) is 0 Å². The monoisotopic (exact) mass is 224 g/mol. The van der Waals surface area contributed by atoms with Crippen LogP contribution in [0, 0.1) is 11.3 Å². The zero-order valence-corrected chi connectivity index (χ0v) is 11.4. The van der Waals surface area contributed by atoms with Crippen LogP contribution in [0.3, 0.4) is 0 Å². The fourth-order valence-corrected chi connectivity index (χ4v) is 3.51. The van der Waals surface area contributed by atoms with E-state index in [-0.39, 0.29) is 0 Å². The zero-order chi connectivity index (χ0) is 11.8. The third-order valence-electron chi connectivity index (χ3n) is 4.67. The lowest BCUT2D eigenvalue weighted by atomic mass is 9.70. The molecule has 1 N–H and O–H groups in total. The zero-order valence-electron chi connectivity index (χ0n) is 11.4. The Hall–Kier alpha value is -0.0800. The van der Waals surface area contributed by atoms with E-state index in [4.69, 9.17) is 0 Å². The number of hydrogen-bond donors (Lipinski definition) is 1. The Morgan fingerprint density at radius 1 is 1.25 bits per heavy atom. The van der Waals surface area contributed by atoms with Crippen molar-refractivity contribution in [1.29, 1.82) is 0 Å². The molecule has 0 heterocycles. The van der Waals surface area contributed by atoms with E-state index in [0.717, 1.165) is 12.0 Å². The summed E-state index contributed by atoms with van der Waals surface area (Å²) < 4.78 is 0. The van der Waals surface area contributed by atoms with Gasteiger partial charge < -0.3 is 10.2 Å². The Morgan fingerprint density at radius 2 is 1.94 bits per heavy atom. The minimum Gasteiger partial charge on any atom is -0.315 e. The van der Waals surface area contributed by atoms with Crippen molar-refractivity contribution in [2.75, 3.05) is 20.6 Å². The lowest BCUT2D eigenvalue weighted by molar-refractivity contribution is 0.0647. The Kier molecular flexibility index (Phi) is 3.60. The normalized spacial score (nSPS) is 34.3. The van der Waals surface area contributed by atoms with Crippen molar-refractivity contribution in [3.05, 3.63) is 0 Å². The molecule has 2 fully saturated rings. The van der Waals surface area contributed by atoms with Crippen molar-refractivity contribution < 1.29 is 0 Å². The van der Waals surface area contributed by atoms with Crippen molar-refractivity contribution in [3.8, 4) is 0 Å². The molecule has 0 spiro atoms. The van der Waals surface area contributed by atoms with Gasteiger partial charge >= 0.3 is 0 Å². The van der Waals surface area contributed by atoms with Gasteiger partial charge in [-0.25, -0.2) is 0 Å². The van der Waals surface area contributed by atoms with Gasteiger partial charge in [-0.05, 0) is 51.1 Å². The second-order valence-electron chi connectivity index (χ2n) is 6.60. The van der Waals surface area contributed by atoms with Crippen LogP contribution in [0.25, 0.3) is 0 Å². The minimum absolute atomic E-state index is 0.454. The molecule has 0 amide bonds. The maximum absolute atomic E-state index is 3.58. The van der Waals surface area contributed by atoms with Gasteiger partial charge in [0, 0.05) is 18.6 Å². The summed E-state index contributed by atoms with van der Waals surface area (Å²) in [6.45, 7) is 6.16. The lowest BCUT2D eigenvalue weighted by Crippen LogP contribution is -2.57. The smallest absolute Gasteiger partial charge is 0.0271 e. The summed E-state index contributed by atoms with van der Waals surface area (Å²) in [6.07, 6.45) is 7.06. The highest BCUT2D eigenvalue weighted by molar-refractivity contribution is 4.97. The first-order valence-electron chi connectivity index (χ1n) is 6.92. The van der Waals surface area contributed by atoms with Crippen LogP contribution in [-0.4, -0.2) is 37.6 Å². The second kappa shape index (κ2) is 4.66. The van der Waals surface area contributed by atoms with E-state index in [2.05, 4.69) is 38.2 Å². The van der Waals surface area contributed by atoms with E-state index < -0.39 is 0 Å². The minimum atomic E-state index is 0.454. The third kappa shape index (κ3) is 2.60. The molecule has 2 nitrogen and oxygen atoms in total. The summed E-state index contributed by atoms with van der Waals surface area (Å²) in [5, 5.41) is 3.58. The van der Waals surface area contributed by atoms with Gasteiger partial charge in [0.2, 0.25) is 0 Å². The molecule has 0 aromatic carbocycles. The first-order chi connectivity index (χ1) is 7.54. The van der Waals surface area contributed by atoms with E-state index in [0.29, 0.717) is 11.5 Å². The molecule has 2 aliphatic carbocycles. The molecule has 2 atom stereocenters. The number of nitrogens with one attached hydrogen (secondary N) is 1. The Bertz CT molecular complexity index is 233. The van der Waals surface area contributed by atoms with E-state index in [1.807, 2.05) is 0 Å². The van der Waals surface area contributed by atoms with Gasteiger partial charge in [0.1, 0.15) is 0 Å². The summed E-state index contributed by atoms with van der Waals surface area (Å²) in [4.78, 5) is 2.62. The molecule has 0 aliphatic heterocycles. The molecule has 0 saturated heterocycles. The van der Waals surface area contributed by atoms with E-state index in [9.17, 15) is 0 Å². The molecule has 0 radical (unpaired) electrons. The molecule has 16 heavy (non-hydrogen) atoms. The summed E-state index contributed by atoms with van der Waals surface area (Å²) >= 11 is 0. The predicted molar refractivity (Wildman–Crippen MR) is 69.6 cm³/mol. The van der Waals surface area contributed by atoms with E-state index in [1.165, 1.54) is 38.6 Å². The van der Waals surface area contributed by atoms with Crippen LogP contribution < -0.4 is 5.32 Å². The number of likely N-dealkylation sites (N-methyl/N-ethyl adjacent to an activating group) is 2. The third-order valence-corrected chi connectivity index (χ3v) is 4.67. The second-order valence-corrected chi connectivity index (χ2v) is 6.60. The maximum atomic E-state index is 3.58.